The fourth-order valence-corrected chi connectivity index (χ4v) is 4.33. The molecule has 138 valence electrons. The molecule has 3 atom stereocenters. The molecule has 1 aliphatic carbocycles. The van der Waals surface area contributed by atoms with E-state index in [1.54, 1.807) is 0 Å². The van der Waals surface area contributed by atoms with Crippen LogP contribution in [0.15, 0.2) is 15.7 Å². The Morgan fingerprint density at radius 2 is 2.00 bits per heavy atom. The lowest BCUT2D eigenvalue weighted by atomic mass is 9.88. The van der Waals surface area contributed by atoms with E-state index in [0.717, 1.165) is 38.8 Å². The van der Waals surface area contributed by atoms with Gasteiger partial charge >= 0.3 is 5.69 Å². The molecule has 4 heterocycles. The fraction of sp³-hybridized carbons (Fsp3) is 0.588. The van der Waals surface area contributed by atoms with Gasteiger partial charge in [0.2, 0.25) is 0 Å². The number of pyridine rings is 1. The SMILES string of the molecule is Nn1c(=O)c2cc(F)c(C3CCC4CNCC4N3)nc2n(C2CC2)c1=O. The first-order valence-electron chi connectivity index (χ1n) is 9.14. The predicted molar refractivity (Wildman–Crippen MR) is 93.9 cm³/mol. The average molecular weight is 360 g/mol. The summed E-state index contributed by atoms with van der Waals surface area (Å²) in [7, 11) is 0. The summed E-state index contributed by atoms with van der Waals surface area (Å²) in [5.41, 5.74) is -0.775. The van der Waals surface area contributed by atoms with E-state index in [4.69, 9.17) is 5.84 Å². The lowest BCUT2D eigenvalue weighted by molar-refractivity contribution is 0.270. The van der Waals surface area contributed by atoms with Crippen LogP contribution in [0.1, 0.15) is 43.5 Å². The minimum Gasteiger partial charge on any atom is -0.332 e. The maximum atomic E-state index is 14.8. The second-order valence-electron chi connectivity index (χ2n) is 7.61. The first-order chi connectivity index (χ1) is 12.5. The van der Waals surface area contributed by atoms with Crippen LogP contribution in [0.3, 0.4) is 0 Å². The topological polar surface area (TPSA) is 107 Å². The Morgan fingerprint density at radius 3 is 2.77 bits per heavy atom. The summed E-state index contributed by atoms with van der Waals surface area (Å²) in [6.07, 6.45) is 3.44. The fourth-order valence-electron chi connectivity index (χ4n) is 4.33. The maximum absolute atomic E-state index is 14.8. The van der Waals surface area contributed by atoms with E-state index in [0.29, 0.717) is 16.6 Å². The van der Waals surface area contributed by atoms with Crippen LogP contribution in [0.2, 0.25) is 0 Å². The van der Waals surface area contributed by atoms with Crippen molar-refractivity contribution in [1.82, 2.24) is 24.9 Å². The molecule has 0 bridgehead atoms. The van der Waals surface area contributed by atoms with Gasteiger partial charge in [-0.25, -0.2) is 14.2 Å². The zero-order chi connectivity index (χ0) is 18.0. The van der Waals surface area contributed by atoms with Crippen LogP contribution in [0.25, 0.3) is 11.0 Å². The highest BCUT2D eigenvalue weighted by molar-refractivity contribution is 5.74. The van der Waals surface area contributed by atoms with Gasteiger partial charge in [-0.15, -0.1) is 0 Å². The minimum atomic E-state index is -0.712. The van der Waals surface area contributed by atoms with Gasteiger partial charge in [0.15, 0.2) is 5.65 Å². The van der Waals surface area contributed by atoms with Gasteiger partial charge in [0.05, 0.1) is 17.1 Å². The summed E-state index contributed by atoms with van der Waals surface area (Å²) in [5.74, 6) is 5.63. The number of piperidine rings is 1. The van der Waals surface area contributed by atoms with Gasteiger partial charge in [-0.1, -0.05) is 0 Å². The molecule has 9 heteroatoms. The first kappa shape index (κ1) is 16.0. The standard InChI is InChI=1S/C17H21FN6O2/c18-11-5-10-15(23(9-2-3-9)17(26)24(19)16(10)25)22-14(11)12-4-1-8-6-20-7-13(8)21-12/h5,8-9,12-13,20-21H,1-4,6-7,19H2. The third kappa shape index (κ3) is 2.30. The first-order valence-corrected chi connectivity index (χ1v) is 9.14. The van der Waals surface area contributed by atoms with Crippen molar-refractivity contribution in [3.05, 3.63) is 38.4 Å². The molecule has 0 spiro atoms. The largest absolute Gasteiger partial charge is 0.351 e. The number of nitrogen functional groups attached to an aromatic ring is 1. The summed E-state index contributed by atoms with van der Waals surface area (Å²) in [5, 5.41) is 6.89. The Morgan fingerprint density at radius 1 is 1.19 bits per heavy atom. The summed E-state index contributed by atoms with van der Waals surface area (Å²) in [4.78, 5) is 29.3. The van der Waals surface area contributed by atoms with E-state index in [-0.39, 0.29) is 28.8 Å². The summed E-state index contributed by atoms with van der Waals surface area (Å²) in [6, 6.07) is 1.24. The Balaban J connectivity index is 1.66. The quantitative estimate of drug-likeness (QED) is 0.638. The summed E-state index contributed by atoms with van der Waals surface area (Å²) < 4.78 is 16.8. The molecule has 8 nitrogen and oxygen atoms in total. The average Bonchev–Trinajstić information content (AvgIpc) is 3.36. The van der Waals surface area contributed by atoms with Crippen molar-refractivity contribution in [1.29, 1.82) is 0 Å². The summed E-state index contributed by atoms with van der Waals surface area (Å²) >= 11 is 0. The van der Waals surface area contributed by atoms with Gasteiger partial charge in [0.1, 0.15) is 5.82 Å². The molecule has 0 radical (unpaired) electrons. The molecule has 3 aliphatic rings. The van der Waals surface area contributed by atoms with Crippen molar-refractivity contribution in [2.75, 3.05) is 18.9 Å². The maximum Gasteiger partial charge on any atom is 0.351 e. The molecular weight excluding hydrogens is 339 g/mol. The van der Waals surface area contributed by atoms with E-state index < -0.39 is 17.1 Å². The van der Waals surface area contributed by atoms with E-state index in [9.17, 15) is 14.0 Å². The van der Waals surface area contributed by atoms with Crippen molar-refractivity contribution < 1.29 is 4.39 Å². The molecule has 5 rings (SSSR count). The molecule has 26 heavy (non-hydrogen) atoms. The molecular formula is C17H21FN6O2. The lowest BCUT2D eigenvalue weighted by Crippen LogP contribution is -2.45. The van der Waals surface area contributed by atoms with Crippen LogP contribution >= 0.6 is 0 Å². The highest BCUT2D eigenvalue weighted by Crippen LogP contribution is 2.36. The number of nitrogens with zero attached hydrogens (tertiary/aromatic N) is 3. The van der Waals surface area contributed by atoms with E-state index >= 15 is 0 Å². The van der Waals surface area contributed by atoms with E-state index in [2.05, 4.69) is 15.6 Å². The molecule has 0 amide bonds. The Bertz CT molecular complexity index is 1010. The third-order valence-corrected chi connectivity index (χ3v) is 5.90. The number of aromatic nitrogens is 3. The van der Waals surface area contributed by atoms with Crippen LogP contribution in [0.4, 0.5) is 4.39 Å². The molecule has 4 N–H and O–H groups in total. The van der Waals surface area contributed by atoms with Crippen molar-refractivity contribution >= 4 is 11.0 Å². The molecule has 0 aromatic carbocycles. The number of nitrogens with two attached hydrogens (primary N) is 1. The monoisotopic (exact) mass is 360 g/mol. The molecule has 2 aliphatic heterocycles. The second-order valence-corrected chi connectivity index (χ2v) is 7.61. The Hall–Kier alpha value is -2.26. The molecule has 2 aromatic heterocycles. The van der Waals surface area contributed by atoms with E-state index in [1.807, 2.05) is 0 Å². The Kier molecular flexibility index (Phi) is 3.45. The lowest BCUT2D eigenvalue weighted by Gasteiger charge is -2.32. The number of fused-ring (bicyclic) bond motifs is 2. The smallest absolute Gasteiger partial charge is 0.332 e. The Labute approximate surface area is 148 Å². The van der Waals surface area contributed by atoms with Crippen LogP contribution in [-0.2, 0) is 0 Å². The zero-order valence-corrected chi connectivity index (χ0v) is 14.2. The molecule has 2 saturated heterocycles. The van der Waals surface area contributed by atoms with Crippen LogP contribution < -0.4 is 27.7 Å². The van der Waals surface area contributed by atoms with Gasteiger partial charge < -0.3 is 16.5 Å². The molecule has 2 aromatic rings. The number of rotatable bonds is 2. The van der Waals surface area contributed by atoms with Crippen molar-refractivity contribution in [3.63, 3.8) is 0 Å². The van der Waals surface area contributed by atoms with Crippen molar-refractivity contribution in [2.24, 2.45) is 5.92 Å². The third-order valence-electron chi connectivity index (χ3n) is 5.90. The normalized spacial score (nSPS) is 28.4. The van der Waals surface area contributed by atoms with Gasteiger partial charge in [-0.2, -0.15) is 4.68 Å². The number of nitrogens with one attached hydrogen (secondary N) is 2. The highest BCUT2D eigenvalue weighted by atomic mass is 19.1. The minimum absolute atomic E-state index is 0.0195. The second kappa shape index (κ2) is 5.62. The van der Waals surface area contributed by atoms with Crippen molar-refractivity contribution in [2.45, 2.75) is 43.8 Å². The van der Waals surface area contributed by atoms with Gasteiger partial charge in [-0.3, -0.25) is 9.36 Å². The molecule has 3 fully saturated rings. The van der Waals surface area contributed by atoms with Gasteiger partial charge in [0.25, 0.3) is 5.56 Å². The zero-order valence-electron chi connectivity index (χ0n) is 14.2. The van der Waals surface area contributed by atoms with Crippen LogP contribution in [0, 0.1) is 11.7 Å². The molecule has 1 saturated carbocycles. The van der Waals surface area contributed by atoms with Gasteiger partial charge in [-0.05, 0) is 44.2 Å². The summed E-state index contributed by atoms with van der Waals surface area (Å²) in [6.45, 7) is 1.84. The van der Waals surface area contributed by atoms with Crippen LogP contribution in [0.5, 0.6) is 0 Å². The predicted octanol–water partition coefficient (Wildman–Crippen LogP) is -0.242. The van der Waals surface area contributed by atoms with Crippen molar-refractivity contribution in [3.8, 4) is 0 Å². The number of hydrogen-bond donors (Lipinski definition) is 3. The van der Waals surface area contributed by atoms with Crippen LogP contribution in [-0.4, -0.2) is 33.4 Å². The molecule has 3 unspecified atom stereocenters. The van der Waals surface area contributed by atoms with Gasteiger partial charge in [0, 0.05) is 18.6 Å². The number of hydrogen-bond acceptors (Lipinski definition) is 6. The highest BCUT2D eigenvalue weighted by Gasteiger charge is 2.36. The van der Waals surface area contributed by atoms with E-state index in [1.165, 1.54) is 10.6 Å². The number of halogens is 1.